The van der Waals surface area contributed by atoms with Crippen LogP contribution in [0.4, 0.5) is 13.2 Å². The van der Waals surface area contributed by atoms with E-state index < -0.39 is 12.2 Å². The molecule has 4 nitrogen and oxygen atoms in total. The SMILES string of the molecule is [N-]=[N+]=NC(c1ccc(C=O)cc1)C(F)(F)F. The van der Waals surface area contributed by atoms with Gasteiger partial charge in [-0.2, -0.15) is 13.2 Å². The number of alkyl halides is 3. The Morgan fingerprint density at radius 1 is 1.31 bits per heavy atom. The van der Waals surface area contributed by atoms with Crippen molar-refractivity contribution in [3.05, 3.63) is 45.8 Å². The van der Waals surface area contributed by atoms with Crippen LogP contribution in [0.2, 0.25) is 0 Å². The van der Waals surface area contributed by atoms with Crippen molar-refractivity contribution >= 4 is 6.29 Å². The number of benzene rings is 1. The maximum Gasteiger partial charge on any atom is 0.401 e. The average Bonchev–Trinajstić information content (AvgIpc) is 2.25. The third-order valence-electron chi connectivity index (χ3n) is 1.87. The molecule has 1 aromatic rings. The largest absolute Gasteiger partial charge is 0.401 e. The number of aldehydes is 1. The number of halogens is 3. The van der Waals surface area contributed by atoms with Crippen molar-refractivity contribution in [1.29, 1.82) is 0 Å². The topological polar surface area (TPSA) is 65.8 Å². The van der Waals surface area contributed by atoms with Crippen molar-refractivity contribution < 1.29 is 18.0 Å². The zero-order chi connectivity index (χ0) is 12.2. The van der Waals surface area contributed by atoms with E-state index in [1.165, 1.54) is 12.1 Å². The molecule has 0 aliphatic heterocycles. The first-order valence-corrected chi connectivity index (χ1v) is 4.15. The van der Waals surface area contributed by atoms with Gasteiger partial charge in [0.15, 0.2) is 6.04 Å². The van der Waals surface area contributed by atoms with Crippen LogP contribution < -0.4 is 0 Å². The minimum atomic E-state index is -4.64. The highest BCUT2D eigenvalue weighted by Crippen LogP contribution is 2.35. The number of azide groups is 1. The molecule has 0 amide bonds. The molecule has 0 radical (unpaired) electrons. The second-order valence-electron chi connectivity index (χ2n) is 2.93. The van der Waals surface area contributed by atoms with E-state index in [9.17, 15) is 18.0 Å². The van der Waals surface area contributed by atoms with Crippen molar-refractivity contribution in [2.45, 2.75) is 12.2 Å². The predicted octanol–water partition coefficient (Wildman–Crippen LogP) is 3.41. The second kappa shape index (κ2) is 4.67. The first kappa shape index (κ1) is 12.1. The van der Waals surface area contributed by atoms with E-state index >= 15 is 0 Å². The van der Waals surface area contributed by atoms with Gasteiger partial charge in [0.1, 0.15) is 6.29 Å². The summed E-state index contributed by atoms with van der Waals surface area (Å²) in [5, 5.41) is 2.69. The lowest BCUT2D eigenvalue weighted by Crippen LogP contribution is -2.18. The summed E-state index contributed by atoms with van der Waals surface area (Å²) in [6.07, 6.45) is -4.13. The van der Waals surface area contributed by atoms with Crippen LogP contribution in [0, 0.1) is 0 Å². The molecule has 0 heterocycles. The minimum absolute atomic E-state index is 0.198. The van der Waals surface area contributed by atoms with E-state index in [1.54, 1.807) is 0 Å². The molecule has 0 saturated carbocycles. The molecule has 0 aliphatic carbocycles. The molecule has 0 N–H and O–H groups in total. The Morgan fingerprint density at radius 3 is 2.25 bits per heavy atom. The van der Waals surface area contributed by atoms with Gasteiger partial charge < -0.3 is 0 Å². The molecule has 16 heavy (non-hydrogen) atoms. The molecule has 0 bridgehead atoms. The van der Waals surface area contributed by atoms with Crippen molar-refractivity contribution in [2.24, 2.45) is 5.11 Å². The van der Waals surface area contributed by atoms with Gasteiger partial charge in [-0.1, -0.05) is 29.4 Å². The summed E-state index contributed by atoms with van der Waals surface area (Å²) < 4.78 is 37.3. The van der Waals surface area contributed by atoms with Crippen molar-refractivity contribution in [3.8, 4) is 0 Å². The molecular weight excluding hydrogens is 223 g/mol. The number of carbonyl (C=O) groups is 1. The highest BCUT2D eigenvalue weighted by molar-refractivity contribution is 5.74. The molecule has 7 heteroatoms. The van der Waals surface area contributed by atoms with Gasteiger partial charge in [0.05, 0.1) is 0 Å². The Bertz CT molecular complexity index is 421. The van der Waals surface area contributed by atoms with Crippen LogP contribution in [0.25, 0.3) is 10.4 Å². The van der Waals surface area contributed by atoms with Crippen LogP contribution in [0.1, 0.15) is 22.0 Å². The Hall–Kier alpha value is -2.01. The molecule has 1 rings (SSSR count). The Morgan fingerprint density at radius 2 is 1.88 bits per heavy atom. The standard InChI is InChI=1S/C9H6F3N3O/c10-9(11,12)8(14-15-13)7-3-1-6(5-16)2-4-7/h1-5,8H. The van der Waals surface area contributed by atoms with E-state index in [-0.39, 0.29) is 11.1 Å². The van der Waals surface area contributed by atoms with E-state index in [0.717, 1.165) is 12.1 Å². The first-order valence-electron chi connectivity index (χ1n) is 4.15. The fourth-order valence-electron chi connectivity index (χ4n) is 1.13. The van der Waals surface area contributed by atoms with Gasteiger partial charge in [-0.25, -0.2) is 0 Å². The van der Waals surface area contributed by atoms with Gasteiger partial charge in [0, 0.05) is 10.5 Å². The molecule has 1 atom stereocenters. The Balaban J connectivity index is 3.11. The Kier molecular flexibility index (Phi) is 3.52. The highest BCUT2D eigenvalue weighted by atomic mass is 19.4. The summed E-state index contributed by atoms with van der Waals surface area (Å²) in [6.45, 7) is 0. The molecular formula is C9H6F3N3O. The quantitative estimate of drug-likeness (QED) is 0.339. The van der Waals surface area contributed by atoms with E-state index in [1.807, 2.05) is 0 Å². The van der Waals surface area contributed by atoms with E-state index in [4.69, 9.17) is 5.53 Å². The van der Waals surface area contributed by atoms with Gasteiger partial charge in [-0.3, -0.25) is 4.79 Å². The molecule has 0 fully saturated rings. The monoisotopic (exact) mass is 229 g/mol. The average molecular weight is 229 g/mol. The lowest BCUT2D eigenvalue weighted by Gasteiger charge is -2.15. The molecule has 84 valence electrons. The van der Waals surface area contributed by atoms with Crippen LogP contribution in [0.3, 0.4) is 0 Å². The van der Waals surface area contributed by atoms with Gasteiger partial charge >= 0.3 is 6.18 Å². The van der Waals surface area contributed by atoms with Gasteiger partial charge in [0.2, 0.25) is 0 Å². The smallest absolute Gasteiger partial charge is 0.298 e. The zero-order valence-electron chi connectivity index (χ0n) is 7.85. The van der Waals surface area contributed by atoms with Gasteiger partial charge in [-0.15, -0.1) is 0 Å². The maximum atomic E-state index is 12.4. The minimum Gasteiger partial charge on any atom is -0.298 e. The number of carbonyl (C=O) groups excluding carboxylic acids is 1. The molecule has 1 aromatic carbocycles. The third kappa shape index (κ3) is 2.74. The maximum absolute atomic E-state index is 12.4. The van der Waals surface area contributed by atoms with Crippen LogP contribution in [0.5, 0.6) is 0 Å². The fourth-order valence-corrected chi connectivity index (χ4v) is 1.13. The predicted molar refractivity (Wildman–Crippen MR) is 49.8 cm³/mol. The lowest BCUT2D eigenvalue weighted by molar-refractivity contribution is -0.148. The molecule has 0 aliphatic rings. The lowest BCUT2D eigenvalue weighted by atomic mass is 10.1. The first-order chi connectivity index (χ1) is 7.49. The van der Waals surface area contributed by atoms with E-state index in [0.29, 0.717) is 6.29 Å². The summed E-state index contributed by atoms with van der Waals surface area (Å²) >= 11 is 0. The van der Waals surface area contributed by atoms with Crippen LogP contribution >= 0.6 is 0 Å². The summed E-state index contributed by atoms with van der Waals surface area (Å²) in [6, 6.07) is 2.45. The third-order valence-corrected chi connectivity index (χ3v) is 1.87. The van der Waals surface area contributed by atoms with Gasteiger partial charge in [0.25, 0.3) is 0 Å². The normalized spacial score (nSPS) is 12.7. The highest BCUT2D eigenvalue weighted by Gasteiger charge is 2.40. The van der Waals surface area contributed by atoms with Gasteiger partial charge in [-0.05, 0) is 11.1 Å². The Labute approximate surface area is 88.3 Å². The second-order valence-corrected chi connectivity index (χ2v) is 2.93. The summed E-state index contributed by atoms with van der Waals surface area (Å²) in [5.41, 5.74) is 8.12. The molecule has 0 spiro atoms. The fraction of sp³-hybridized carbons (Fsp3) is 0.222. The molecule has 0 saturated heterocycles. The number of hydrogen-bond donors (Lipinski definition) is 0. The van der Waals surface area contributed by atoms with Crippen LogP contribution in [-0.2, 0) is 0 Å². The van der Waals surface area contributed by atoms with Crippen molar-refractivity contribution in [2.75, 3.05) is 0 Å². The van der Waals surface area contributed by atoms with Crippen molar-refractivity contribution in [1.82, 2.24) is 0 Å². The van der Waals surface area contributed by atoms with Crippen LogP contribution in [-0.4, -0.2) is 12.5 Å². The van der Waals surface area contributed by atoms with Crippen molar-refractivity contribution in [3.63, 3.8) is 0 Å². The summed E-state index contributed by atoms with van der Waals surface area (Å²) in [4.78, 5) is 12.5. The zero-order valence-corrected chi connectivity index (χ0v) is 7.85. The molecule has 0 aromatic heterocycles. The number of hydrogen-bond acceptors (Lipinski definition) is 2. The van der Waals surface area contributed by atoms with Crippen LogP contribution in [0.15, 0.2) is 29.4 Å². The molecule has 1 unspecified atom stereocenters. The number of nitrogens with zero attached hydrogens (tertiary/aromatic N) is 3. The summed E-state index contributed by atoms with van der Waals surface area (Å²) in [7, 11) is 0. The van der Waals surface area contributed by atoms with E-state index in [2.05, 4.69) is 10.0 Å². The number of rotatable bonds is 3. The summed E-state index contributed by atoms with van der Waals surface area (Å²) in [5.74, 6) is 0.